The molecule has 118 valence electrons. The molecular formula is C15H22FNO3S. The molecule has 1 N–H and O–H groups in total. The van der Waals surface area contributed by atoms with Crippen LogP contribution in [0.25, 0.3) is 0 Å². The van der Waals surface area contributed by atoms with Gasteiger partial charge in [0.2, 0.25) is 0 Å². The minimum atomic E-state index is -2.95. The zero-order valence-corrected chi connectivity index (χ0v) is 13.2. The molecule has 0 amide bonds. The summed E-state index contributed by atoms with van der Waals surface area (Å²) < 4.78 is 42.2. The van der Waals surface area contributed by atoms with Gasteiger partial charge in [-0.2, -0.15) is 0 Å². The van der Waals surface area contributed by atoms with Gasteiger partial charge in [0, 0.05) is 6.04 Å². The normalized spacial score (nSPS) is 22.1. The minimum absolute atomic E-state index is 0.00524. The third kappa shape index (κ3) is 3.95. The van der Waals surface area contributed by atoms with Crippen LogP contribution >= 0.6 is 0 Å². The Bertz CT molecular complexity index is 589. The molecule has 0 aliphatic carbocycles. The van der Waals surface area contributed by atoms with Crippen LogP contribution in [0.5, 0.6) is 5.75 Å². The molecule has 2 rings (SSSR count). The summed E-state index contributed by atoms with van der Waals surface area (Å²) in [6, 6.07) is 4.70. The summed E-state index contributed by atoms with van der Waals surface area (Å²) in [5, 5.41) is 3.36. The number of hydrogen-bond acceptors (Lipinski definition) is 4. The highest BCUT2D eigenvalue weighted by molar-refractivity contribution is 7.91. The Kier molecular flexibility index (Phi) is 5.22. The lowest BCUT2D eigenvalue weighted by Crippen LogP contribution is -2.30. The molecule has 1 aromatic rings. The number of benzene rings is 1. The van der Waals surface area contributed by atoms with Gasteiger partial charge in [0.15, 0.2) is 21.4 Å². The molecule has 1 aromatic carbocycles. The second-order valence-corrected chi connectivity index (χ2v) is 7.72. The van der Waals surface area contributed by atoms with Gasteiger partial charge in [-0.05, 0) is 43.0 Å². The fourth-order valence-corrected chi connectivity index (χ4v) is 4.66. The van der Waals surface area contributed by atoms with Crippen LogP contribution in [0.2, 0.25) is 0 Å². The number of halogens is 1. The van der Waals surface area contributed by atoms with Crippen molar-refractivity contribution in [3.63, 3.8) is 0 Å². The van der Waals surface area contributed by atoms with E-state index in [1.807, 2.05) is 6.92 Å². The van der Waals surface area contributed by atoms with E-state index in [1.54, 1.807) is 12.1 Å². The van der Waals surface area contributed by atoms with Gasteiger partial charge < -0.3 is 10.1 Å². The summed E-state index contributed by atoms with van der Waals surface area (Å²) in [4.78, 5) is 0. The molecule has 1 aliphatic heterocycles. The van der Waals surface area contributed by atoms with Crippen LogP contribution in [-0.2, 0) is 9.84 Å². The van der Waals surface area contributed by atoms with Gasteiger partial charge in [-0.1, -0.05) is 13.0 Å². The topological polar surface area (TPSA) is 55.4 Å². The van der Waals surface area contributed by atoms with Crippen LogP contribution < -0.4 is 10.1 Å². The monoisotopic (exact) mass is 315 g/mol. The third-order valence-electron chi connectivity index (χ3n) is 3.89. The number of nitrogens with one attached hydrogen (secondary N) is 1. The minimum Gasteiger partial charge on any atom is -0.494 e. The van der Waals surface area contributed by atoms with Crippen LogP contribution in [0, 0.1) is 11.7 Å². The van der Waals surface area contributed by atoms with Crippen LogP contribution in [0.15, 0.2) is 18.2 Å². The van der Waals surface area contributed by atoms with Crippen molar-refractivity contribution in [3.05, 3.63) is 29.6 Å². The Morgan fingerprint density at radius 2 is 2.24 bits per heavy atom. The zero-order chi connectivity index (χ0) is 15.5. The van der Waals surface area contributed by atoms with E-state index in [0.29, 0.717) is 6.42 Å². The molecule has 1 fully saturated rings. The smallest absolute Gasteiger partial charge is 0.165 e. The van der Waals surface area contributed by atoms with E-state index >= 15 is 0 Å². The summed E-state index contributed by atoms with van der Waals surface area (Å²) in [7, 11) is -1.53. The van der Waals surface area contributed by atoms with E-state index in [-0.39, 0.29) is 29.2 Å². The third-order valence-corrected chi connectivity index (χ3v) is 5.68. The van der Waals surface area contributed by atoms with Crippen molar-refractivity contribution in [3.8, 4) is 5.75 Å². The number of hydrogen-bond donors (Lipinski definition) is 1. The van der Waals surface area contributed by atoms with Crippen molar-refractivity contribution < 1.29 is 17.5 Å². The quantitative estimate of drug-likeness (QED) is 0.875. The lowest BCUT2D eigenvalue weighted by atomic mass is 9.92. The van der Waals surface area contributed by atoms with Gasteiger partial charge in [-0.15, -0.1) is 0 Å². The zero-order valence-electron chi connectivity index (χ0n) is 12.4. The molecule has 0 aromatic heterocycles. The summed E-state index contributed by atoms with van der Waals surface area (Å²) in [6.45, 7) is 2.82. The highest BCUT2D eigenvalue weighted by Crippen LogP contribution is 2.33. The fraction of sp³-hybridized carbons (Fsp3) is 0.600. The standard InChI is InChI=1S/C15H22FNO3S/c1-3-7-17-15(12-6-8-21(18,19)10-12)11-4-5-14(20-2)13(16)9-11/h4-5,9,12,15,17H,3,6-8,10H2,1-2H3. The number of methoxy groups -OCH3 is 1. The summed E-state index contributed by atoms with van der Waals surface area (Å²) >= 11 is 0. The summed E-state index contributed by atoms with van der Waals surface area (Å²) in [5.41, 5.74) is 0.781. The summed E-state index contributed by atoms with van der Waals surface area (Å²) in [5.74, 6) is 0.170. The molecule has 2 atom stereocenters. The van der Waals surface area contributed by atoms with Crippen molar-refractivity contribution in [2.45, 2.75) is 25.8 Å². The molecule has 6 heteroatoms. The van der Waals surface area contributed by atoms with Crippen molar-refractivity contribution >= 4 is 9.84 Å². The van der Waals surface area contributed by atoms with E-state index in [2.05, 4.69) is 5.32 Å². The first-order valence-corrected chi connectivity index (χ1v) is 9.06. The molecule has 0 bridgehead atoms. The molecule has 0 radical (unpaired) electrons. The molecule has 21 heavy (non-hydrogen) atoms. The lowest BCUT2D eigenvalue weighted by molar-refractivity contribution is 0.376. The van der Waals surface area contributed by atoms with Gasteiger partial charge in [-0.25, -0.2) is 12.8 Å². The second-order valence-electron chi connectivity index (χ2n) is 5.49. The fourth-order valence-electron chi connectivity index (χ4n) is 2.82. The van der Waals surface area contributed by atoms with E-state index in [9.17, 15) is 12.8 Å². The Balaban J connectivity index is 2.25. The Labute approximate surface area is 125 Å². The molecule has 1 heterocycles. The maximum atomic E-state index is 13.9. The molecule has 2 unspecified atom stereocenters. The van der Waals surface area contributed by atoms with Crippen LogP contribution in [0.3, 0.4) is 0 Å². The predicted molar refractivity (Wildman–Crippen MR) is 80.7 cm³/mol. The average molecular weight is 315 g/mol. The average Bonchev–Trinajstić information content (AvgIpc) is 2.79. The molecule has 1 aliphatic rings. The maximum absolute atomic E-state index is 13.9. The van der Waals surface area contributed by atoms with E-state index < -0.39 is 15.7 Å². The first kappa shape index (κ1) is 16.2. The van der Waals surface area contributed by atoms with Gasteiger partial charge in [-0.3, -0.25) is 0 Å². The van der Waals surface area contributed by atoms with E-state index in [4.69, 9.17) is 4.74 Å². The number of rotatable bonds is 6. The van der Waals surface area contributed by atoms with Gasteiger partial charge in [0.1, 0.15) is 0 Å². The molecule has 0 saturated carbocycles. The van der Waals surface area contributed by atoms with E-state index in [1.165, 1.54) is 13.2 Å². The van der Waals surface area contributed by atoms with Gasteiger partial charge in [0.25, 0.3) is 0 Å². The number of sulfone groups is 1. The Morgan fingerprint density at radius 1 is 1.48 bits per heavy atom. The molecule has 1 saturated heterocycles. The van der Waals surface area contributed by atoms with Crippen molar-refractivity contribution in [1.29, 1.82) is 0 Å². The highest BCUT2D eigenvalue weighted by Gasteiger charge is 2.34. The maximum Gasteiger partial charge on any atom is 0.165 e. The first-order chi connectivity index (χ1) is 9.96. The molecule has 4 nitrogen and oxygen atoms in total. The van der Waals surface area contributed by atoms with Crippen molar-refractivity contribution in [2.24, 2.45) is 5.92 Å². The first-order valence-electron chi connectivity index (χ1n) is 7.24. The van der Waals surface area contributed by atoms with Gasteiger partial charge >= 0.3 is 0 Å². The van der Waals surface area contributed by atoms with E-state index in [0.717, 1.165) is 18.5 Å². The van der Waals surface area contributed by atoms with Crippen LogP contribution in [0.1, 0.15) is 31.4 Å². The lowest BCUT2D eigenvalue weighted by Gasteiger charge is -2.24. The van der Waals surface area contributed by atoms with Gasteiger partial charge in [0.05, 0.1) is 18.6 Å². The largest absolute Gasteiger partial charge is 0.494 e. The second kappa shape index (κ2) is 6.75. The predicted octanol–water partition coefficient (Wildman–Crippen LogP) is 2.31. The number of ether oxygens (including phenoxy) is 1. The van der Waals surface area contributed by atoms with Crippen LogP contribution in [0.4, 0.5) is 4.39 Å². The Hall–Kier alpha value is -1.14. The highest BCUT2D eigenvalue weighted by atomic mass is 32.2. The SMILES string of the molecule is CCCNC(c1ccc(OC)c(F)c1)C1CCS(=O)(=O)C1. The Morgan fingerprint density at radius 3 is 2.76 bits per heavy atom. The van der Waals surface area contributed by atoms with Crippen LogP contribution in [-0.4, -0.2) is 33.6 Å². The van der Waals surface area contributed by atoms with Crippen molar-refractivity contribution in [2.75, 3.05) is 25.2 Å². The molecular weight excluding hydrogens is 293 g/mol. The van der Waals surface area contributed by atoms with Crippen molar-refractivity contribution in [1.82, 2.24) is 5.32 Å². The molecule has 0 spiro atoms. The summed E-state index contributed by atoms with van der Waals surface area (Å²) in [6.07, 6.45) is 1.56.